The van der Waals surface area contributed by atoms with Crippen LogP contribution in [-0.4, -0.2) is 29.1 Å². The van der Waals surface area contributed by atoms with Crippen molar-refractivity contribution >= 4 is 46.2 Å². The first-order valence-electron chi connectivity index (χ1n) is 10.4. The minimum Gasteiger partial charge on any atom is -0.404 e. The Labute approximate surface area is 207 Å². The highest BCUT2D eigenvalue weighted by Gasteiger charge is 2.33. The Morgan fingerprint density at radius 3 is 2.39 bits per heavy atom. The standard InChI is InChI=1S/C25H17F4N3O3S/c26-18-11-5-4-8-16(18)14-20-23(34)32(17-9-2-1-3-10-17)24(31-20)36-15-22(33)30-19-12-6-7-13-21(19)35-25(27,28)29/h1-14H,15H2,(H,30,33)/b20-14+. The van der Waals surface area contributed by atoms with Crippen molar-refractivity contribution in [3.8, 4) is 5.75 Å². The van der Waals surface area contributed by atoms with E-state index >= 15 is 0 Å². The van der Waals surface area contributed by atoms with E-state index in [2.05, 4.69) is 15.0 Å². The second-order valence-electron chi connectivity index (χ2n) is 7.30. The number of ether oxygens (including phenoxy) is 1. The molecule has 36 heavy (non-hydrogen) atoms. The number of hydrogen-bond acceptors (Lipinski definition) is 5. The molecule has 6 nitrogen and oxygen atoms in total. The highest BCUT2D eigenvalue weighted by Crippen LogP contribution is 2.32. The molecule has 0 unspecified atom stereocenters. The van der Waals surface area contributed by atoms with Crippen LogP contribution in [0.5, 0.6) is 5.75 Å². The van der Waals surface area contributed by atoms with E-state index in [1.165, 1.54) is 47.4 Å². The minimum atomic E-state index is -4.92. The minimum absolute atomic E-state index is 0.0317. The Morgan fingerprint density at radius 2 is 1.67 bits per heavy atom. The normalized spacial score (nSPS) is 14.7. The van der Waals surface area contributed by atoms with E-state index < -0.39 is 29.7 Å². The van der Waals surface area contributed by atoms with Gasteiger partial charge in [-0.3, -0.25) is 14.5 Å². The number of carbonyl (C=O) groups excluding carboxylic acids is 2. The van der Waals surface area contributed by atoms with Crippen LogP contribution in [0.25, 0.3) is 6.08 Å². The van der Waals surface area contributed by atoms with Crippen LogP contribution in [0.1, 0.15) is 5.56 Å². The topological polar surface area (TPSA) is 71.0 Å². The van der Waals surface area contributed by atoms with E-state index in [1.54, 1.807) is 36.4 Å². The van der Waals surface area contributed by atoms with Crippen LogP contribution >= 0.6 is 11.8 Å². The molecule has 1 aliphatic heterocycles. The number of nitrogens with one attached hydrogen (secondary N) is 1. The largest absolute Gasteiger partial charge is 0.573 e. The number of benzene rings is 3. The number of carbonyl (C=O) groups is 2. The van der Waals surface area contributed by atoms with Crippen molar-refractivity contribution in [2.75, 3.05) is 16.0 Å². The predicted molar refractivity (Wildman–Crippen MR) is 130 cm³/mol. The van der Waals surface area contributed by atoms with Gasteiger partial charge in [0.15, 0.2) is 10.9 Å². The summed E-state index contributed by atoms with van der Waals surface area (Å²) >= 11 is 0.901. The Kier molecular flexibility index (Phi) is 7.39. The Hall–Kier alpha value is -4.12. The van der Waals surface area contributed by atoms with Crippen LogP contribution < -0.4 is 15.0 Å². The van der Waals surface area contributed by atoms with E-state index in [9.17, 15) is 27.2 Å². The van der Waals surface area contributed by atoms with Gasteiger partial charge in [-0.1, -0.05) is 60.3 Å². The van der Waals surface area contributed by atoms with Gasteiger partial charge in [-0.15, -0.1) is 13.2 Å². The molecule has 2 amide bonds. The molecule has 0 bridgehead atoms. The summed E-state index contributed by atoms with van der Waals surface area (Å²) < 4.78 is 56.0. The molecule has 0 saturated heterocycles. The SMILES string of the molecule is O=C(CSC1=N/C(=C/c2ccccc2F)C(=O)N1c1ccccc1)Nc1ccccc1OC(F)(F)F. The zero-order valence-electron chi connectivity index (χ0n) is 18.3. The van der Waals surface area contributed by atoms with E-state index in [-0.39, 0.29) is 27.9 Å². The molecule has 1 heterocycles. The number of amides is 2. The molecule has 3 aromatic carbocycles. The lowest BCUT2D eigenvalue weighted by Crippen LogP contribution is -2.31. The highest BCUT2D eigenvalue weighted by atomic mass is 32.2. The zero-order valence-corrected chi connectivity index (χ0v) is 19.1. The smallest absolute Gasteiger partial charge is 0.404 e. The van der Waals surface area contributed by atoms with Crippen LogP contribution in [0, 0.1) is 5.82 Å². The van der Waals surface area contributed by atoms with Crippen molar-refractivity contribution in [2.45, 2.75) is 6.36 Å². The number of hydrogen-bond donors (Lipinski definition) is 1. The number of thioether (sulfide) groups is 1. The first kappa shape index (κ1) is 25.0. The second-order valence-corrected chi connectivity index (χ2v) is 8.24. The van der Waals surface area contributed by atoms with Crippen molar-refractivity contribution in [3.63, 3.8) is 0 Å². The molecule has 3 aromatic rings. The Morgan fingerprint density at radius 1 is 1.00 bits per heavy atom. The van der Waals surface area contributed by atoms with E-state index in [0.717, 1.165) is 17.8 Å². The number of aliphatic imine (C=N–C) groups is 1. The van der Waals surface area contributed by atoms with Gasteiger partial charge in [0.2, 0.25) is 5.91 Å². The number of para-hydroxylation sites is 3. The summed E-state index contributed by atoms with van der Waals surface area (Å²) in [7, 11) is 0. The molecule has 11 heteroatoms. The third-order valence-electron chi connectivity index (χ3n) is 4.76. The fraction of sp³-hybridized carbons (Fsp3) is 0.0800. The molecular weight excluding hydrogens is 498 g/mol. The van der Waals surface area contributed by atoms with Crippen molar-refractivity contribution < 1.29 is 31.9 Å². The van der Waals surface area contributed by atoms with Crippen LogP contribution in [-0.2, 0) is 9.59 Å². The van der Waals surface area contributed by atoms with Gasteiger partial charge < -0.3 is 10.1 Å². The molecule has 0 radical (unpaired) electrons. The van der Waals surface area contributed by atoms with Gasteiger partial charge in [0, 0.05) is 5.56 Å². The molecule has 0 saturated carbocycles. The van der Waals surface area contributed by atoms with Crippen molar-refractivity contribution in [2.24, 2.45) is 4.99 Å². The molecule has 0 fully saturated rings. The maximum absolute atomic E-state index is 14.1. The van der Waals surface area contributed by atoms with Crippen LogP contribution in [0.4, 0.5) is 28.9 Å². The summed E-state index contributed by atoms with van der Waals surface area (Å²) in [6.45, 7) is 0. The molecule has 0 atom stereocenters. The van der Waals surface area contributed by atoms with Gasteiger partial charge in [-0.25, -0.2) is 9.38 Å². The van der Waals surface area contributed by atoms with Gasteiger partial charge in [-0.05, 0) is 36.4 Å². The van der Waals surface area contributed by atoms with Crippen LogP contribution in [0.3, 0.4) is 0 Å². The third kappa shape index (κ3) is 6.11. The maximum atomic E-state index is 14.1. The predicted octanol–water partition coefficient (Wildman–Crippen LogP) is 5.84. The van der Waals surface area contributed by atoms with Crippen LogP contribution in [0.2, 0.25) is 0 Å². The number of alkyl halides is 3. The molecule has 0 spiro atoms. The fourth-order valence-electron chi connectivity index (χ4n) is 3.24. The quantitative estimate of drug-likeness (QED) is 0.331. The maximum Gasteiger partial charge on any atom is 0.573 e. The average molecular weight is 515 g/mol. The lowest BCUT2D eigenvalue weighted by molar-refractivity contribution is -0.274. The molecule has 1 N–H and O–H groups in total. The Bertz CT molecular complexity index is 1340. The van der Waals surface area contributed by atoms with Crippen molar-refractivity contribution in [1.29, 1.82) is 0 Å². The first-order valence-corrected chi connectivity index (χ1v) is 11.4. The first-order chi connectivity index (χ1) is 17.2. The summed E-state index contributed by atoms with van der Waals surface area (Å²) in [5.74, 6) is -2.52. The van der Waals surface area contributed by atoms with Gasteiger partial charge >= 0.3 is 6.36 Å². The highest BCUT2D eigenvalue weighted by molar-refractivity contribution is 8.14. The van der Waals surface area contributed by atoms with Gasteiger partial charge in [0.1, 0.15) is 11.5 Å². The molecular formula is C25H17F4N3O3S. The third-order valence-corrected chi connectivity index (χ3v) is 5.70. The van der Waals surface area contributed by atoms with Gasteiger partial charge in [-0.2, -0.15) is 0 Å². The monoisotopic (exact) mass is 515 g/mol. The molecule has 0 aliphatic carbocycles. The molecule has 184 valence electrons. The van der Waals surface area contributed by atoms with E-state index in [4.69, 9.17) is 0 Å². The van der Waals surface area contributed by atoms with Crippen molar-refractivity contribution in [3.05, 3.63) is 95.9 Å². The summed E-state index contributed by atoms with van der Waals surface area (Å²) in [6, 6.07) is 19.6. The lowest BCUT2D eigenvalue weighted by atomic mass is 10.1. The van der Waals surface area contributed by atoms with Crippen molar-refractivity contribution in [1.82, 2.24) is 0 Å². The second kappa shape index (κ2) is 10.6. The summed E-state index contributed by atoms with van der Waals surface area (Å²) in [4.78, 5) is 31.3. The summed E-state index contributed by atoms with van der Waals surface area (Å²) in [5.41, 5.74) is 0.457. The van der Waals surface area contributed by atoms with Gasteiger partial charge in [0.25, 0.3) is 5.91 Å². The van der Waals surface area contributed by atoms with Gasteiger partial charge in [0.05, 0.1) is 17.1 Å². The fourth-order valence-corrected chi connectivity index (χ4v) is 4.05. The number of rotatable bonds is 6. The molecule has 0 aromatic heterocycles. The summed E-state index contributed by atoms with van der Waals surface area (Å²) in [6.07, 6.45) is -3.61. The molecule has 1 aliphatic rings. The number of nitrogens with zero attached hydrogens (tertiary/aromatic N) is 2. The Balaban J connectivity index is 1.54. The van der Waals surface area contributed by atoms with E-state index in [1.807, 2.05) is 0 Å². The van der Waals surface area contributed by atoms with E-state index in [0.29, 0.717) is 5.69 Å². The zero-order chi connectivity index (χ0) is 25.7. The van der Waals surface area contributed by atoms with Crippen LogP contribution in [0.15, 0.2) is 89.6 Å². The number of halogens is 4. The average Bonchev–Trinajstić information content (AvgIpc) is 3.15. The molecule has 4 rings (SSSR count). The lowest BCUT2D eigenvalue weighted by Gasteiger charge is -2.18. The summed E-state index contributed by atoms with van der Waals surface area (Å²) in [5, 5.41) is 2.53. The number of amidine groups is 1. The number of anilines is 2.